The number of hydrogen-bond donors (Lipinski definition) is 1. The third-order valence-electron chi connectivity index (χ3n) is 3.57. The van der Waals surface area contributed by atoms with E-state index in [0.29, 0.717) is 12.5 Å². The lowest BCUT2D eigenvalue weighted by molar-refractivity contribution is 0.415. The normalized spacial score (nSPS) is 24.1. The molecule has 1 saturated carbocycles. The minimum Gasteiger partial charge on any atom is -0.310 e. The van der Waals surface area contributed by atoms with Crippen LogP contribution >= 0.6 is 0 Å². The second-order valence-corrected chi connectivity index (χ2v) is 5.09. The van der Waals surface area contributed by atoms with Crippen LogP contribution in [0.1, 0.15) is 38.3 Å². The predicted molar refractivity (Wildman–Crippen MR) is 64.6 cm³/mol. The molecule has 1 aliphatic rings. The van der Waals surface area contributed by atoms with Crippen LogP contribution in [0.15, 0.2) is 12.1 Å². The van der Waals surface area contributed by atoms with Gasteiger partial charge in [0, 0.05) is 23.7 Å². The van der Waals surface area contributed by atoms with Crippen LogP contribution in [0, 0.1) is 29.3 Å². The first-order valence-corrected chi connectivity index (χ1v) is 6.42. The molecule has 0 saturated heterocycles. The molecular weight excluding hydrogens is 239 g/mol. The topological polar surface area (TPSA) is 12.0 Å². The highest BCUT2D eigenvalue weighted by atomic mass is 19.1. The van der Waals surface area contributed by atoms with Crippen molar-refractivity contribution in [2.75, 3.05) is 6.54 Å². The van der Waals surface area contributed by atoms with E-state index >= 15 is 0 Å². The van der Waals surface area contributed by atoms with Gasteiger partial charge in [-0.05, 0) is 31.2 Å². The van der Waals surface area contributed by atoms with Crippen molar-refractivity contribution in [3.63, 3.8) is 0 Å². The first kappa shape index (κ1) is 13.4. The van der Waals surface area contributed by atoms with Crippen molar-refractivity contribution < 1.29 is 13.2 Å². The number of halogens is 3. The summed E-state index contributed by atoms with van der Waals surface area (Å²) < 4.78 is 40.5. The summed E-state index contributed by atoms with van der Waals surface area (Å²) in [5, 5.41) is 3.18. The third kappa shape index (κ3) is 2.69. The van der Waals surface area contributed by atoms with Crippen LogP contribution in [-0.4, -0.2) is 6.54 Å². The highest BCUT2D eigenvalue weighted by Gasteiger charge is 2.42. The Morgan fingerprint density at radius 1 is 1.28 bits per heavy atom. The monoisotopic (exact) mass is 257 g/mol. The van der Waals surface area contributed by atoms with Crippen LogP contribution in [0.25, 0.3) is 0 Å². The first-order chi connectivity index (χ1) is 8.54. The van der Waals surface area contributed by atoms with Gasteiger partial charge in [-0.25, -0.2) is 13.2 Å². The molecule has 0 aliphatic heterocycles. The van der Waals surface area contributed by atoms with Crippen LogP contribution in [0.4, 0.5) is 13.2 Å². The van der Waals surface area contributed by atoms with Gasteiger partial charge in [-0.2, -0.15) is 0 Å². The molecule has 100 valence electrons. The smallest absolute Gasteiger partial charge is 0.133 e. The van der Waals surface area contributed by atoms with Crippen LogP contribution < -0.4 is 5.32 Å². The van der Waals surface area contributed by atoms with E-state index in [-0.39, 0.29) is 17.5 Å². The maximum atomic E-state index is 13.8. The lowest BCUT2D eigenvalue weighted by Gasteiger charge is -2.20. The Kier molecular flexibility index (Phi) is 3.95. The van der Waals surface area contributed by atoms with E-state index in [4.69, 9.17) is 0 Å². The van der Waals surface area contributed by atoms with Gasteiger partial charge in [0.1, 0.15) is 17.5 Å². The Bertz CT molecular complexity index is 410. The first-order valence-electron chi connectivity index (χ1n) is 6.42. The molecule has 3 unspecified atom stereocenters. The minimum atomic E-state index is -0.869. The van der Waals surface area contributed by atoms with E-state index in [2.05, 4.69) is 12.2 Å². The zero-order valence-corrected chi connectivity index (χ0v) is 10.6. The van der Waals surface area contributed by atoms with Crippen molar-refractivity contribution in [3.05, 3.63) is 35.1 Å². The van der Waals surface area contributed by atoms with Crippen molar-refractivity contribution in [2.24, 2.45) is 11.8 Å². The van der Waals surface area contributed by atoms with Gasteiger partial charge in [0.05, 0.1) is 0 Å². The van der Waals surface area contributed by atoms with Crippen LogP contribution in [0.2, 0.25) is 0 Å². The van der Waals surface area contributed by atoms with Crippen molar-refractivity contribution in [2.45, 2.75) is 32.7 Å². The Morgan fingerprint density at radius 3 is 2.28 bits per heavy atom. The summed E-state index contributed by atoms with van der Waals surface area (Å²) in [4.78, 5) is 0. The van der Waals surface area contributed by atoms with E-state index in [0.717, 1.165) is 25.0 Å². The fourth-order valence-electron chi connectivity index (χ4n) is 2.43. The lowest BCUT2D eigenvalue weighted by atomic mass is 9.99. The maximum absolute atomic E-state index is 13.8. The molecule has 2 rings (SSSR count). The zero-order chi connectivity index (χ0) is 13.3. The van der Waals surface area contributed by atoms with Crippen molar-refractivity contribution in [3.8, 4) is 0 Å². The summed E-state index contributed by atoms with van der Waals surface area (Å²) in [5.41, 5.74) is -0.0146. The average molecular weight is 257 g/mol. The SMILES string of the molecule is CCCNC(c1c(F)cc(F)cc1F)C1CC1C. The van der Waals surface area contributed by atoms with Gasteiger partial charge >= 0.3 is 0 Å². The largest absolute Gasteiger partial charge is 0.310 e. The Morgan fingerprint density at radius 2 is 1.83 bits per heavy atom. The van der Waals surface area contributed by atoms with E-state index in [1.165, 1.54) is 0 Å². The molecule has 1 aromatic carbocycles. The van der Waals surface area contributed by atoms with Crippen LogP contribution in [0.5, 0.6) is 0 Å². The van der Waals surface area contributed by atoms with E-state index in [1.807, 2.05) is 6.92 Å². The van der Waals surface area contributed by atoms with Crippen molar-refractivity contribution >= 4 is 0 Å². The van der Waals surface area contributed by atoms with E-state index in [9.17, 15) is 13.2 Å². The van der Waals surface area contributed by atoms with Gasteiger partial charge in [-0.15, -0.1) is 0 Å². The second kappa shape index (κ2) is 5.31. The van der Waals surface area contributed by atoms with Crippen molar-refractivity contribution in [1.29, 1.82) is 0 Å². The molecule has 1 nitrogen and oxygen atoms in total. The lowest BCUT2D eigenvalue weighted by Crippen LogP contribution is -2.26. The Hall–Kier alpha value is -1.03. The van der Waals surface area contributed by atoms with E-state index < -0.39 is 17.5 Å². The summed E-state index contributed by atoms with van der Waals surface area (Å²) in [6.45, 7) is 4.76. The summed E-state index contributed by atoms with van der Waals surface area (Å²) in [6.07, 6.45) is 1.85. The molecule has 1 fully saturated rings. The number of hydrogen-bond acceptors (Lipinski definition) is 1. The summed E-state index contributed by atoms with van der Waals surface area (Å²) in [5.74, 6) is -1.75. The molecular formula is C14H18F3N. The molecule has 4 heteroatoms. The van der Waals surface area contributed by atoms with Gasteiger partial charge in [0.2, 0.25) is 0 Å². The molecule has 1 aliphatic carbocycles. The number of nitrogens with one attached hydrogen (secondary N) is 1. The Labute approximate surface area is 105 Å². The van der Waals surface area contributed by atoms with Gasteiger partial charge < -0.3 is 5.32 Å². The molecule has 0 spiro atoms. The quantitative estimate of drug-likeness (QED) is 0.846. The standard InChI is InChI=1S/C14H18F3N/c1-3-4-18-14(10-5-8(10)2)13-11(16)6-9(15)7-12(13)17/h6-8,10,14,18H,3-5H2,1-2H3. The van der Waals surface area contributed by atoms with Gasteiger partial charge in [0.15, 0.2) is 0 Å². The molecule has 0 amide bonds. The van der Waals surface area contributed by atoms with Gasteiger partial charge in [0.25, 0.3) is 0 Å². The third-order valence-corrected chi connectivity index (χ3v) is 3.57. The molecule has 0 heterocycles. The second-order valence-electron chi connectivity index (χ2n) is 5.09. The molecule has 0 radical (unpaired) electrons. The molecule has 1 aromatic rings. The van der Waals surface area contributed by atoms with Crippen molar-refractivity contribution in [1.82, 2.24) is 5.32 Å². The molecule has 3 atom stereocenters. The molecule has 18 heavy (non-hydrogen) atoms. The minimum absolute atomic E-state index is 0.0146. The molecule has 0 aromatic heterocycles. The highest BCUT2D eigenvalue weighted by Crippen LogP contribution is 2.47. The zero-order valence-electron chi connectivity index (χ0n) is 10.6. The number of benzene rings is 1. The number of rotatable bonds is 5. The van der Waals surface area contributed by atoms with Crippen LogP contribution in [-0.2, 0) is 0 Å². The highest BCUT2D eigenvalue weighted by molar-refractivity contribution is 5.26. The molecule has 1 N–H and O–H groups in total. The summed E-state index contributed by atoms with van der Waals surface area (Å²) in [6, 6.07) is 1.17. The van der Waals surface area contributed by atoms with Crippen LogP contribution in [0.3, 0.4) is 0 Å². The predicted octanol–water partition coefficient (Wildman–Crippen LogP) is 3.80. The summed E-state index contributed by atoms with van der Waals surface area (Å²) in [7, 11) is 0. The van der Waals surface area contributed by atoms with E-state index in [1.54, 1.807) is 0 Å². The summed E-state index contributed by atoms with van der Waals surface area (Å²) >= 11 is 0. The maximum Gasteiger partial charge on any atom is 0.133 e. The molecule has 0 bridgehead atoms. The Balaban J connectivity index is 2.30. The van der Waals surface area contributed by atoms with Gasteiger partial charge in [-0.3, -0.25) is 0 Å². The fourth-order valence-corrected chi connectivity index (χ4v) is 2.43. The fraction of sp³-hybridized carbons (Fsp3) is 0.571. The van der Waals surface area contributed by atoms with Gasteiger partial charge in [-0.1, -0.05) is 13.8 Å². The average Bonchev–Trinajstić information content (AvgIpc) is 2.99.